The SMILES string of the molecule is Nc1nn(-c2ncns2)cc1Cl. The zero-order valence-corrected chi connectivity index (χ0v) is 7.38. The second kappa shape index (κ2) is 2.72. The highest BCUT2D eigenvalue weighted by Crippen LogP contribution is 2.18. The molecular weight excluding hydrogens is 198 g/mol. The molecule has 0 atom stereocenters. The van der Waals surface area contributed by atoms with Gasteiger partial charge in [0, 0.05) is 11.5 Å². The molecule has 5 nitrogen and oxygen atoms in total. The molecule has 0 aliphatic rings. The summed E-state index contributed by atoms with van der Waals surface area (Å²) >= 11 is 6.92. The van der Waals surface area contributed by atoms with Crippen molar-refractivity contribution >= 4 is 29.0 Å². The van der Waals surface area contributed by atoms with Crippen molar-refractivity contribution in [1.82, 2.24) is 19.1 Å². The minimum Gasteiger partial charge on any atom is -0.381 e. The van der Waals surface area contributed by atoms with E-state index in [4.69, 9.17) is 17.3 Å². The van der Waals surface area contributed by atoms with E-state index in [0.717, 1.165) is 0 Å². The van der Waals surface area contributed by atoms with Gasteiger partial charge in [0.2, 0.25) is 5.13 Å². The summed E-state index contributed by atoms with van der Waals surface area (Å²) < 4.78 is 5.32. The summed E-state index contributed by atoms with van der Waals surface area (Å²) in [6, 6.07) is 0. The number of anilines is 1. The first-order valence-corrected chi connectivity index (χ1v) is 4.20. The molecule has 0 saturated carbocycles. The van der Waals surface area contributed by atoms with Crippen LogP contribution in [0.25, 0.3) is 5.13 Å². The van der Waals surface area contributed by atoms with Crippen molar-refractivity contribution < 1.29 is 0 Å². The van der Waals surface area contributed by atoms with Crippen molar-refractivity contribution in [3.8, 4) is 5.13 Å². The number of nitrogens with two attached hydrogens (primary N) is 1. The molecule has 62 valence electrons. The molecule has 0 aromatic carbocycles. The fraction of sp³-hybridized carbons (Fsp3) is 0. The fourth-order valence-corrected chi connectivity index (χ4v) is 1.32. The standard InChI is InChI=1S/C5H4ClN5S/c6-3-1-11(10-4(3)7)5-8-2-9-12-5/h1-2H,(H2,7,10). The largest absolute Gasteiger partial charge is 0.381 e. The van der Waals surface area contributed by atoms with Crippen molar-refractivity contribution in [1.29, 1.82) is 0 Å². The third-order valence-corrected chi connectivity index (χ3v) is 2.19. The van der Waals surface area contributed by atoms with Gasteiger partial charge in [0.05, 0.1) is 6.20 Å². The van der Waals surface area contributed by atoms with Crippen LogP contribution in [0, 0.1) is 0 Å². The Morgan fingerprint density at radius 1 is 1.58 bits per heavy atom. The number of halogens is 1. The number of hydrogen-bond donors (Lipinski definition) is 1. The Hall–Kier alpha value is -1.14. The maximum absolute atomic E-state index is 5.69. The molecule has 2 N–H and O–H groups in total. The molecule has 0 aliphatic heterocycles. The Morgan fingerprint density at radius 3 is 2.92 bits per heavy atom. The van der Waals surface area contributed by atoms with Crippen LogP contribution in [0.4, 0.5) is 5.82 Å². The molecule has 0 spiro atoms. The molecule has 0 bridgehead atoms. The van der Waals surface area contributed by atoms with E-state index >= 15 is 0 Å². The highest BCUT2D eigenvalue weighted by molar-refractivity contribution is 7.07. The summed E-state index contributed by atoms with van der Waals surface area (Å²) in [5.74, 6) is 0.298. The predicted molar refractivity (Wildman–Crippen MR) is 46.5 cm³/mol. The first kappa shape index (κ1) is 7.51. The van der Waals surface area contributed by atoms with Gasteiger partial charge in [0.1, 0.15) is 11.3 Å². The quantitative estimate of drug-likeness (QED) is 0.746. The van der Waals surface area contributed by atoms with Crippen LogP contribution in [0.5, 0.6) is 0 Å². The Bertz CT molecular complexity index is 361. The summed E-state index contributed by atoms with van der Waals surface area (Å²) in [4.78, 5) is 3.93. The molecule has 0 radical (unpaired) electrons. The summed E-state index contributed by atoms with van der Waals surface area (Å²) in [7, 11) is 0. The summed E-state index contributed by atoms with van der Waals surface area (Å²) in [6.45, 7) is 0. The van der Waals surface area contributed by atoms with Gasteiger partial charge in [-0.2, -0.15) is 4.37 Å². The summed E-state index contributed by atoms with van der Waals surface area (Å²) in [5, 5.41) is 4.99. The molecule has 2 aromatic rings. The molecule has 12 heavy (non-hydrogen) atoms. The lowest BCUT2D eigenvalue weighted by atomic mass is 10.7. The zero-order valence-electron chi connectivity index (χ0n) is 5.81. The number of aromatic nitrogens is 4. The molecule has 0 aliphatic carbocycles. The van der Waals surface area contributed by atoms with E-state index in [1.165, 1.54) is 22.5 Å². The van der Waals surface area contributed by atoms with Crippen LogP contribution in [0.15, 0.2) is 12.5 Å². The molecule has 0 unspecified atom stereocenters. The lowest BCUT2D eigenvalue weighted by Gasteiger charge is -1.89. The van der Waals surface area contributed by atoms with E-state index in [9.17, 15) is 0 Å². The zero-order chi connectivity index (χ0) is 8.55. The van der Waals surface area contributed by atoms with Gasteiger partial charge < -0.3 is 5.73 Å². The number of rotatable bonds is 1. The van der Waals surface area contributed by atoms with Gasteiger partial charge in [-0.3, -0.25) is 0 Å². The van der Waals surface area contributed by atoms with Gasteiger partial charge in [0.25, 0.3) is 0 Å². The summed E-state index contributed by atoms with van der Waals surface area (Å²) in [6.07, 6.45) is 3.04. The second-order valence-electron chi connectivity index (χ2n) is 2.03. The van der Waals surface area contributed by atoms with E-state index in [2.05, 4.69) is 14.5 Å². The molecule has 7 heteroatoms. The van der Waals surface area contributed by atoms with E-state index in [0.29, 0.717) is 16.0 Å². The lowest BCUT2D eigenvalue weighted by Crippen LogP contribution is -1.94. The Balaban J connectivity index is 2.48. The molecule has 2 aromatic heterocycles. The van der Waals surface area contributed by atoms with Crippen molar-refractivity contribution in [3.05, 3.63) is 17.5 Å². The van der Waals surface area contributed by atoms with Crippen LogP contribution in [-0.4, -0.2) is 19.1 Å². The van der Waals surface area contributed by atoms with Crippen molar-refractivity contribution in [2.75, 3.05) is 5.73 Å². The minimum absolute atomic E-state index is 0.298. The predicted octanol–water partition coefficient (Wildman–Crippen LogP) is 0.959. The molecule has 0 fully saturated rings. The minimum atomic E-state index is 0.298. The van der Waals surface area contributed by atoms with Crippen LogP contribution in [-0.2, 0) is 0 Å². The molecule has 0 saturated heterocycles. The average molecular weight is 202 g/mol. The number of nitrogens with zero attached hydrogens (tertiary/aromatic N) is 4. The monoisotopic (exact) mass is 201 g/mol. The van der Waals surface area contributed by atoms with E-state index in [-0.39, 0.29) is 0 Å². The van der Waals surface area contributed by atoms with Crippen molar-refractivity contribution in [2.45, 2.75) is 0 Å². The third-order valence-electron chi connectivity index (χ3n) is 1.24. The molecule has 2 heterocycles. The highest BCUT2D eigenvalue weighted by atomic mass is 35.5. The molecule has 0 amide bonds. The van der Waals surface area contributed by atoms with Gasteiger partial charge in [-0.25, -0.2) is 9.67 Å². The first-order chi connectivity index (χ1) is 5.77. The van der Waals surface area contributed by atoms with Crippen LogP contribution < -0.4 is 5.73 Å². The lowest BCUT2D eigenvalue weighted by molar-refractivity contribution is 0.874. The highest BCUT2D eigenvalue weighted by Gasteiger charge is 2.05. The van der Waals surface area contributed by atoms with Gasteiger partial charge in [-0.1, -0.05) is 11.6 Å². The smallest absolute Gasteiger partial charge is 0.229 e. The number of hydrogen-bond acceptors (Lipinski definition) is 5. The maximum atomic E-state index is 5.69. The summed E-state index contributed by atoms with van der Waals surface area (Å²) in [5.41, 5.74) is 5.44. The average Bonchev–Trinajstić information content (AvgIpc) is 2.61. The molecule has 2 rings (SSSR count). The Labute approximate surface area is 77.0 Å². The molecular formula is C5H4ClN5S. The van der Waals surface area contributed by atoms with Crippen LogP contribution in [0.3, 0.4) is 0 Å². The normalized spacial score (nSPS) is 10.4. The van der Waals surface area contributed by atoms with E-state index < -0.39 is 0 Å². The second-order valence-corrected chi connectivity index (χ2v) is 3.20. The van der Waals surface area contributed by atoms with Gasteiger partial charge in [-0.05, 0) is 0 Å². The van der Waals surface area contributed by atoms with Gasteiger partial charge >= 0.3 is 0 Å². The van der Waals surface area contributed by atoms with Crippen LogP contribution in [0.2, 0.25) is 5.02 Å². The third kappa shape index (κ3) is 1.15. The van der Waals surface area contributed by atoms with Crippen LogP contribution in [0.1, 0.15) is 0 Å². The van der Waals surface area contributed by atoms with Crippen molar-refractivity contribution in [3.63, 3.8) is 0 Å². The van der Waals surface area contributed by atoms with E-state index in [1.807, 2.05) is 0 Å². The Morgan fingerprint density at radius 2 is 2.42 bits per heavy atom. The van der Waals surface area contributed by atoms with Gasteiger partial charge in [-0.15, -0.1) is 5.10 Å². The Kier molecular flexibility index (Phi) is 1.70. The van der Waals surface area contributed by atoms with Crippen LogP contribution >= 0.6 is 23.1 Å². The van der Waals surface area contributed by atoms with E-state index in [1.54, 1.807) is 6.20 Å². The first-order valence-electron chi connectivity index (χ1n) is 3.05. The fourth-order valence-electron chi connectivity index (χ4n) is 0.732. The van der Waals surface area contributed by atoms with Crippen molar-refractivity contribution in [2.24, 2.45) is 0 Å². The maximum Gasteiger partial charge on any atom is 0.229 e. The van der Waals surface area contributed by atoms with Gasteiger partial charge in [0.15, 0.2) is 5.82 Å². The topological polar surface area (TPSA) is 69.6 Å². The number of nitrogen functional groups attached to an aromatic ring is 1.